The minimum atomic E-state index is -0.357. The van der Waals surface area contributed by atoms with Gasteiger partial charge in [0.15, 0.2) is 6.61 Å². The van der Waals surface area contributed by atoms with Gasteiger partial charge < -0.3 is 14.8 Å². The predicted octanol–water partition coefficient (Wildman–Crippen LogP) is 5.91. The number of ether oxygens (including phenoxy) is 2. The molecule has 1 N–H and O–H groups in total. The Labute approximate surface area is 188 Å². The topological polar surface area (TPSA) is 47.6 Å². The van der Waals surface area contributed by atoms with E-state index in [2.05, 4.69) is 24.4 Å². The Morgan fingerprint density at radius 1 is 1.06 bits per heavy atom. The number of nitrogens with one attached hydrogen (secondary N) is 1. The van der Waals surface area contributed by atoms with Gasteiger partial charge in [-0.3, -0.25) is 0 Å². The molecule has 0 aliphatic heterocycles. The van der Waals surface area contributed by atoms with E-state index in [1.54, 1.807) is 13.0 Å². The first-order valence-electron chi connectivity index (χ1n) is 11.4. The lowest BCUT2D eigenvalue weighted by Gasteiger charge is -2.22. The van der Waals surface area contributed by atoms with Gasteiger partial charge in [0.25, 0.3) is 0 Å². The summed E-state index contributed by atoms with van der Waals surface area (Å²) in [5, 5.41) is 5.41. The molecule has 0 radical (unpaired) electrons. The average Bonchev–Trinajstić information content (AvgIpc) is 3.27. The predicted molar refractivity (Wildman–Crippen MR) is 124 cm³/mol. The smallest absolute Gasteiger partial charge is 0.344 e. The van der Waals surface area contributed by atoms with Crippen LogP contribution in [-0.4, -0.2) is 25.2 Å². The summed E-state index contributed by atoms with van der Waals surface area (Å²) in [5.41, 5.74) is 2.42. The molecule has 168 valence electrons. The molecule has 3 aromatic carbocycles. The molecular weight excluding hydrogens is 405 g/mol. The lowest BCUT2D eigenvalue weighted by Crippen LogP contribution is -2.29. The Bertz CT molecular complexity index is 1070. The van der Waals surface area contributed by atoms with Crippen molar-refractivity contribution in [1.82, 2.24) is 5.32 Å². The number of hydrogen-bond acceptors (Lipinski definition) is 4. The summed E-state index contributed by atoms with van der Waals surface area (Å²) in [4.78, 5) is 11.4. The van der Waals surface area contributed by atoms with E-state index in [4.69, 9.17) is 9.47 Å². The first-order chi connectivity index (χ1) is 15.5. The van der Waals surface area contributed by atoms with Crippen LogP contribution >= 0.6 is 0 Å². The van der Waals surface area contributed by atoms with Gasteiger partial charge in [-0.25, -0.2) is 9.18 Å². The van der Waals surface area contributed by atoms with Gasteiger partial charge in [0.1, 0.15) is 11.6 Å². The van der Waals surface area contributed by atoms with Crippen LogP contribution < -0.4 is 10.1 Å². The summed E-state index contributed by atoms with van der Waals surface area (Å²) in [7, 11) is 0. The fraction of sp³-hybridized carbons (Fsp3) is 0.370. The first-order valence-corrected chi connectivity index (χ1v) is 11.4. The number of halogens is 1. The summed E-state index contributed by atoms with van der Waals surface area (Å²) in [6.07, 6.45) is 3.29. The molecule has 4 rings (SSSR count). The van der Waals surface area contributed by atoms with Crippen molar-refractivity contribution in [2.45, 2.75) is 51.1 Å². The fourth-order valence-corrected chi connectivity index (χ4v) is 4.72. The van der Waals surface area contributed by atoms with Gasteiger partial charge in [-0.1, -0.05) is 42.5 Å². The molecule has 32 heavy (non-hydrogen) atoms. The van der Waals surface area contributed by atoms with Crippen LogP contribution in [0, 0.1) is 5.82 Å². The van der Waals surface area contributed by atoms with E-state index in [0.29, 0.717) is 29.7 Å². The molecule has 1 aliphatic carbocycles. The van der Waals surface area contributed by atoms with E-state index in [0.717, 1.165) is 30.2 Å². The zero-order valence-corrected chi connectivity index (χ0v) is 18.6. The molecule has 0 spiro atoms. The fourth-order valence-electron chi connectivity index (χ4n) is 4.72. The maximum Gasteiger partial charge on any atom is 0.344 e. The normalized spacial score (nSPS) is 19.1. The zero-order chi connectivity index (χ0) is 22.5. The van der Waals surface area contributed by atoms with Crippen molar-refractivity contribution in [3.8, 4) is 5.75 Å². The summed E-state index contributed by atoms with van der Waals surface area (Å²) in [6.45, 7) is 4.22. The van der Waals surface area contributed by atoms with Crippen LogP contribution in [0.2, 0.25) is 0 Å². The maximum absolute atomic E-state index is 14.2. The number of carbonyl (C=O) groups excluding carboxylic acids is 1. The van der Waals surface area contributed by atoms with Crippen LogP contribution in [0.1, 0.15) is 56.2 Å². The number of hydrogen-bond donors (Lipinski definition) is 1. The van der Waals surface area contributed by atoms with E-state index >= 15 is 0 Å². The highest BCUT2D eigenvalue weighted by Crippen LogP contribution is 2.36. The summed E-state index contributed by atoms with van der Waals surface area (Å²) in [6, 6.07) is 19.7. The molecule has 2 unspecified atom stereocenters. The standard InChI is InChI=1S/C27H30FNO3/c1-3-31-27(30)17-32-22-12-9-19(10-13-22)20-8-11-21(16-20)29-18(2)23-14-15-26(28)25-7-5-4-6-24(23)25/h4-7,9-10,12-15,18,20-21,29H,3,8,11,16-17H2,1-2H3/t18?,20-,21?/m0/s1. The monoisotopic (exact) mass is 435 g/mol. The lowest BCUT2D eigenvalue weighted by atomic mass is 9.96. The molecular formula is C27H30FNO3. The van der Waals surface area contributed by atoms with E-state index in [1.807, 2.05) is 42.5 Å². The minimum absolute atomic E-state index is 0.0709. The Morgan fingerprint density at radius 2 is 1.81 bits per heavy atom. The van der Waals surface area contributed by atoms with Gasteiger partial charge in [0.05, 0.1) is 6.61 Å². The molecule has 3 atom stereocenters. The molecule has 1 fully saturated rings. The largest absolute Gasteiger partial charge is 0.482 e. The van der Waals surface area contributed by atoms with Gasteiger partial charge in [-0.2, -0.15) is 0 Å². The highest BCUT2D eigenvalue weighted by Gasteiger charge is 2.27. The van der Waals surface area contributed by atoms with Crippen LogP contribution in [0.3, 0.4) is 0 Å². The molecule has 0 aromatic heterocycles. The van der Waals surface area contributed by atoms with E-state index in [9.17, 15) is 9.18 Å². The number of esters is 1. The third-order valence-electron chi connectivity index (χ3n) is 6.30. The first kappa shape index (κ1) is 22.3. The Balaban J connectivity index is 1.35. The number of carbonyl (C=O) groups is 1. The van der Waals surface area contributed by atoms with Crippen LogP contribution in [0.4, 0.5) is 4.39 Å². The summed E-state index contributed by atoms with van der Waals surface area (Å²) in [5.74, 6) is 0.631. The molecule has 1 saturated carbocycles. The van der Waals surface area contributed by atoms with Crippen LogP contribution in [-0.2, 0) is 9.53 Å². The van der Waals surface area contributed by atoms with Crippen LogP contribution in [0.15, 0.2) is 60.7 Å². The van der Waals surface area contributed by atoms with Crippen LogP contribution in [0.25, 0.3) is 10.8 Å². The molecule has 0 saturated heterocycles. The summed E-state index contributed by atoms with van der Waals surface area (Å²) >= 11 is 0. The van der Waals surface area contributed by atoms with Crippen molar-refractivity contribution in [2.24, 2.45) is 0 Å². The highest BCUT2D eigenvalue weighted by molar-refractivity contribution is 5.86. The number of fused-ring (bicyclic) bond motifs is 1. The van der Waals surface area contributed by atoms with Crippen molar-refractivity contribution in [1.29, 1.82) is 0 Å². The van der Waals surface area contributed by atoms with E-state index in [-0.39, 0.29) is 24.4 Å². The van der Waals surface area contributed by atoms with Gasteiger partial charge in [-0.05, 0) is 73.7 Å². The molecule has 1 aliphatic rings. The van der Waals surface area contributed by atoms with Gasteiger partial charge in [-0.15, -0.1) is 0 Å². The highest BCUT2D eigenvalue weighted by atomic mass is 19.1. The third-order valence-corrected chi connectivity index (χ3v) is 6.30. The minimum Gasteiger partial charge on any atom is -0.482 e. The number of benzene rings is 3. The van der Waals surface area contributed by atoms with E-state index in [1.165, 1.54) is 5.56 Å². The van der Waals surface area contributed by atoms with Gasteiger partial charge >= 0.3 is 5.97 Å². The summed E-state index contributed by atoms with van der Waals surface area (Å²) < 4.78 is 24.5. The maximum atomic E-state index is 14.2. The molecule has 0 heterocycles. The Kier molecular flexibility index (Phi) is 7.05. The second-order valence-electron chi connectivity index (χ2n) is 8.44. The van der Waals surface area contributed by atoms with E-state index < -0.39 is 0 Å². The third kappa shape index (κ3) is 5.10. The van der Waals surface area contributed by atoms with Gasteiger partial charge in [0, 0.05) is 17.5 Å². The molecule has 0 bridgehead atoms. The average molecular weight is 436 g/mol. The van der Waals surface area contributed by atoms with Crippen molar-refractivity contribution < 1.29 is 18.7 Å². The van der Waals surface area contributed by atoms with Gasteiger partial charge in [0.2, 0.25) is 0 Å². The van der Waals surface area contributed by atoms with Crippen molar-refractivity contribution in [2.75, 3.05) is 13.2 Å². The SMILES string of the molecule is CCOC(=O)COc1ccc([C@H]2CCC(NC(C)c3ccc(F)c4ccccc34)C2)cc1. The quantitative estimate of drug-likeness (QED) is 0.447. The Hall–Kier alpha value is -2.92. The molecule has 5 heteroatoms. The second kappa shape index (κ2) is 10.1. The Morgan fingerprint density at radius 3 is 2.56 bits per heavy atom. The van der Waals surface area contributed by atoms with Crippen molar-refractivity contribution >= 4 is 16.7 Å². The van der Waals surface area contributed by atoms with Crippen LogP contribution in [0.5, 0.6) is 5.75 Å². The molecule has 0 amide bonds. The van der Waals surface area contributed by atoms with Crippen molar-refractivity contribution in [3.05, 3.63) is 77.6 Å². The molecule has 3 aromatic rings. The number of rotatable bonds is 8. The lowest BCUT2D eigenvalue weighted by molar-refractivity contribution is -0.145. The second-order valence-corrected chi connectivity index (χ2v) is 8.44. The van der Waals surface area contributed by atoms with Crippen molar-refractivity contribution in [3.63, 3.8) is 0 Å². The zero-order valence-electron chi connectivity index (χ0n) is 18.6. The molecule has 4 nitrogen and oxygen atoms in total.